The summed E-state index contributed by atoms with van der Waals surface area (Å²) < 4.78 is 0. The Bertz CT molecular complexity index is 502. The highest BCUT2D eigenvalue weighted by molar-refractivity contribution is 5.86. The minimum Gasteiger partial charge on any atom is -0.326 e. The van der Waals surface area contributed by atoms with Crippen LogP contribution in [0.2, 0.25) is 0 Å². The summed E-state index contributed by atoms with van der Waals surface area (Å²) in [6, 6.07) is 13.0. The zero-order valence-electron chi connectivity index (χ0n) is 11.3. The quantitative estimate of drug-likeness (QED) is 0.744. The van der Waals surface area contributed by atoms with Gasteiger partial charge in [0, 0.05) is 6.54 Å². The minimum atomic E-state index is 0.647. The number of benzene rings is 2. The average Bonchev–Trinajstić information content (AvgIpc) is 2.43. The fourth-order valence-corrected chi connectivity index (χ4v) is 2.60. The van der Waals surface area contributed by atoms with Crippen molar-refractivity contribution in [3.63, 3.8) is 0 Å². The van der Waals surface area contributed by atoms with Gasteiger partial charge in [-0.25, -0.2) is 0 Å². The summed E-state index contributed by atoms with van der Waals surface area (Å²) in [5.74, 6) is 0. The SMILES string of the molecule is CCCCCCc1c(CN)ccc2ccccc12. The van der Waals surface area contributed by atoms with Crippen molar-refractivity contribution in [1.82, 2.24) is 0 Å². The molecule has 1 heteroatoms. The second-order valence-electron chi connectivity index (χ2n) is 4.94. The van der Waals surface area contributed by atoms with Gasteiger partial charge in [-0.2, -0.15) is 0 Å². The highest BCUT2D eigenvalue weighted by Gasteiger charge is 2.06. The van der Waals surface area contributed by atoms with E-state index in [1.165, 1.54) is 47.6 Å². The summed E-state index contributed by atoms with van der Waals surface area (Å²) in [6.45, 7) is 2.90. The molecule has 0 aromatic heterocycles. The predicted octanol–water partition coefficient (Wildman–Crippen LogP) is 4.42. The third-order valence-electron chi connectivity index (χ3n) is 3.64. The van der Waals surface area contributed by atoms with Crippen LogP contribution in [0.5, 0.6) is 0 Å². The van der Waals surface area contributed by atoms with Crippen LogP contribution in [0.3, 0.4) is 0 Å². The number of nitrogens with two attached hydrogens (primary N) is 1. The zero-order chi connectivity index (χ0) is 12.8. The van der Waals surface area contributed by atoms with E-state index in [4.69, 9.17) is 5.73 Å². The van der Waals surface area contributed by atoms with Gasteiger partial charge >= 0.3 is 0 Å². The molecule has 96 valence electrons. The Morgan fingerprint density at radius 3 is 2.56 bits per heavy atom. The van der Waals surface area contributed by atoms with E-state index >= 15 is 0 Å². The summed E-state index contributed by atoms with van der Waals surface area (Å²) in [7, 11) is 0. The van der Waals surface area contributed by atoms with Crippen molar-refractivity contribution in [1.29, 1.82) is 0 Å². The van der Waals surface area contributed by atoms with Crippen LogP contribution in [0, 0.1) is 0 Å². The van der Waals surface area contributed by atoms with E-state index in [0.29, 0.717) is 6.54 Å². The van der Waals surface area contributed by atoms with Gasteiger partial charge in [0.2, 0.25) is 0 Å². The third kappa shape index (κ3) is 2.91. The van der Waals surface area contributed by atoms with Crippen LogP contribution in [-0.4, -0.2) is 0 Å². The van der Waals surface area contributed by atoms with Crippen molar-refractivity contribution in [2.45, 2.75) is 45.6 Å². The molecular weight excluding hydrogens is 218 g/mol. The minimum absolute atomic E-state index is 0.647. The molecule has 0 aliphatic carbocycles. The van der Waals surface area contributed by atoms with Crippen LogP contribution in [0.25, 0.3) is 10.8 Å². The molecule has 2 aromatic rings. The standard InChI is InChI=1S/C17H23N/c1-2-3-4-5-9-17-15(13-18)12-11-14-8-6-7-10-16(14)17/h6-8,10-12H,2-5,9,13,18H2,1H3. The van der Waals surface area contributed by atoms with Gasteiger partial charge in [0.25, 0.3) is 0 Å². The number of fused-ring (bicyclic) bond motifs is 1. The summed E-state index contributed by atoms with van der Waals surface area (Å²) in [5.41, 5.74) is 8.65. The monoisotopic (exact) mass is 241 g/mol. The van der Waals surface area contributed by atoms with Gasteiger partial charge in [0.15, 0.2) is 0 Å². The maximum Gasteiger partial charge on any atom is 0.0181 e. The molecular formula is C17H23N. The first-order chi connectivity index (χ1) is 8.86. The molecule has 0 aliphatic rings. The second kappa shape index (κ2) is 6.55. The molecule has 2 aromatic carbocycles. The van der Waals surface area contributed by atoms with Crippen LogP contribution >= 0.6 is 0 Å². The van der Waals surface area contributed by atoms with E-state index in [1.54, 1.807) is 0 Å². The Morgan fingerprint density at radius 2 is 1.78 bits per heavy atom. The van der Waals surface area contributed by atoms with Gasteiger partial charge in [-0.15, -0.1) is 0 Å². The van der Waals surface area contributed by atoms with Gasteiger partial charge in [0.1, 0.15) is 0 Å². The highest BCUT2D eigenvalue weighted by Crippen LogP contribution is 2.24. The first-order valence-corrected chi connectivity index (χ1v) is 7.06. The summed E-state index contributed by atoms with van der Waals surface area (Å²) in [4.78, 5) is 0. The Balaban J connectivity index is 2.27. The largest absolute Gasteiger partial charge is 0.326 e. The van der Waals surface area contributed by atoms with Crippen LogP contribution < -0.4 is 5.73 Å². The second-order valence-corrected chi connectivity index (χ2v) is 4.94. The molecule has 0 saturated carbocycles. The molecule has 18 heavy (non-hydrogen) atoms. The van der Waals surface area contributed by atoms with Crippen molar-refractivity contribution in [2.75, 3.05) is 0 Å². The molecule has 2 N–H and O–H groups in total. The molecule has 0 unspecified atom stereocenters. The molecule has 0 fully saturated rings. The van der Waals surface area contributed by atoms with E-state index < -0.39 is 0 Å². The maximum absolute atomic E-state index is 5.87. The fraction of sp³-hybridized carbons (Fsp3) is 0.412. The molecule has 0 amide bonds. The molecule has 0 heterocycles. The van der Waals surface area contributed by atoms with Gasteiger partial charge in [-0.05, 0) is 34.7 Å². The lowest BCUT2D eigenvalue weighted by Gasteiger charge is -2.12. The summed E-state index contributed by atoms with van der Waals surface area (Å²) in [5, 5.41) is 2.72. The Morgan fingerprint density at radius 1 is 0.944 bits per heavy atom. The lowest BCUT2D eigenvalue weighted by Crippen LogP contribution is -2.02. The van der Waals surface area contributed by atoms with E-state index in [1.807, 2.05) is 0 Å². The first kappa shape index (κ1) is 13.1. The molecule has 0 radical (unpaired) electrons. The van der Waals surface area contributed by atoms with Crippen LogP contribution in [-0.2, 0) is 13.0 Å². The smallest absolute Gasteiger partial charge is 0.0181 e. The maximum atomic E-state index is 5.87. The molecule has 2 rings (SSSR count). The molecule has 0 saturated heterocycles. The Labute approximate surface area is 110 Å². The molecule has 1 nitrogen and oxygen atoms in total. The van der Waals surface area contributed by atoms with Gasteiger partial charge in [-0.3, -0.25) is 0 Å². The van der Waals surface area contributed by atoms with Gasteiger partial charge < -0.3 is 5.73 Å². The number of aryl methyl sites for hydroxylation is 1. The molecule has 0 bridgehead atoms. The number of rotatable bonds is 6. The lowest BCUT2D eigenvalue weighted by molar-refractivity contribution is 0.666. The molecule has 0 aliphatic heterocycles. The lowest BCUT2D eigenvalue weighted by atomic mass is 9.94. The molecule has 0 spiro atoms. The Kier molecular flexibility index (Phi) is 4.77. The number of hydrogen-bond acceptors (Lipinski definition) is 1. The van der Waals surface area contributed by atoms with Crippen molar-refractivity contribution in [3.8, 4) is 0 Å². The normalized spacial score (nSPS) is 11.0. The van der Waals surface area contributed by atoms with Crippen molar-refractivity contribution in [2.24, 2.45) is 5.73 Å². The van der Waals surface area contributed by atoms with Crippen LogP contribution in [0.4, 0.5) is 0 Å². The first-order valence-electron chi connectivity index (χ1n) is 7.06. The topological polar surface area (TPSA) is 26.0 Å². The summed E-state index contributed by atoms with van der Waals surface area (Å²) >= 11 is 0. The highest BCUT2D eigenvalue weighted by atomic mass is 14.5. The number of hydrogen-bond donors (Lipinski definition) is 1. The van der Waals surface area contributed by atoms with E-state index in [9.17, 15) is 0 Å². The van der Waals surface area contributed by atoms with Gasteiger partial charge in [-0.1, -0.05) is 62.6 Å². The fourth-order valence-electron chi connectivity index (χ4n) is 2.60. The predicted molar refractivity (Wildman–Crippen MR) is 79.7 cm³/mol. The van der Waals surface area contributed by atoms with E-state index in [2.05, 4.69) is 43.3 Å². The molecule has 0 atom stereocenters. The van der Waals surface area contributed by atoms with Crippen molar-refractivity contribution in [3.05, 3.63) is 47.5 Å². The summed E-state index contributed by atoms with van der Waals surface area (Å²) in [6.07, 6.45) is 6.38. The van der Waals surface area contributed by atoms with Crippen molar-refractivity contribution >= 4 is 10.8 Å². The van der Waals surface area contributed by atoms with Crippen LogP contribution in [0.1, 0.15) is 43.7 Å². The van der Waals surface area contributed by atoms with Gasteiger partial charge in [0.05, 0.1) is 0 Å². The third-order valence-corrected chi connectivity index (χ3v) is 3.64. The van der Waals surface area contributed by atoms with Crippen LogP contribution in [0.15, 0.2) is 36.4 Å². The average molecular weight is 241 g/mol. The van der Waals surface area contributed by atoms with E-state index in [0.717, 1.165) is 6.42 Å². The van der Waals surface area contributed by atoms with Crippen molar-refractivity contribution < 1.29 is 0 Å². The zero-order valence-corrected chi connectivity index (χ0v) is 11.3. The Hall–Kier alpha value is -1.34. The number of unbranched alkanes of at least 4 members (excludes halogenated alkanes) is 3. The van der Waals surface area contributed by atoms with E-state index in [-0.39, 0.29) is 0 Å².